The molecule has 0 bridgehead atoms. The number of alkyl halides is 1. The fraction of sp³-hybridized carbons (Fsp3) is 0.267. The molecule has 0 radical (unpaired) electrons. The predicted molar refractivity (Wildman–Crippen MR) is 80.2 cm³/mol. The van der Waals surface area contributed by atoms with Crippen molar-refractivity contribution in [2.24, 2.45) is 0 Å². The molecule has 2 nitrogen and oxygen atoms in total. The lowest BCUT2D eigenvalue weighted by molar-refractivity contribution is -0.116. The first-order valence-electron chi connectivity index (χ1n) is 6.14. The highest BCUT2D eigenvalue weighted by Gasteiger charge is 2.02. The smallest absolute Gasteiger partial charge is 0.224 e. The molecule has 2 aromatic carbocycles. The highest BCUT2D eigenvalue weighted by Crippen LogP contribution is 2.19. The number of hydrogen-bond acceptors (Lipinski definition) is 1. The molecule has 18 heavy (non-hydrogen) atoms. The summed E-state index contributed by atoms with van der Waals surface area (Å²) in [5.41, 5.74) is 0.873. The monoisotopic (exact) mass is 305 g/mol. The van der Waals surface area contributed by atoms with E-state index >= 15 is 0 Å². The molecule has 0 aliphatic rings. The Labute approximate surface area is 116 Å². The fourth-order valence-electron chi connectivity index (χ4n) is 1.87. The van der Waals surface area contributed by atoms with Crippen molar-refractivity contribution < 1.29 is 4.79 Å². The fourth-order valence-corrected chi connectivity index (χ4v) is 2.27. The molecular weight excluding hydrogens is 290 g/mol. The maximum Gasteiger partial charge on any atom is 0.224 e. The van der Waals surface area contributed by atoms with Gasteiger partial charge in [-0.1, -0.05) is 46.3 Å². The number of unbranched alkanes of at least 4 members (excludes halogenated alkanes) is 1. The SMILES string of the molecule is O=C(CCCCBr)Nc1ccc2ccccc2c1. The molecule has 0 saturated carbocycles. The molecule has 2 rings (SSSR count). The third-order valence-electron chi connectivity index (χ3n) is 2.82. The average Bonchev–Trinajstić information content (AvgIpc) is 2.39. The summed E-state index contributed by atoms with van der Waals surface area (Å²) in [6.07, 6.45) is 2.54. The topological polar surface area (TPSA) is 29.1 Å². The summed E-state index contributed by atoms with van der Waals surface area (Å²) in [6.45, 7) is 0. The third kappa shape index (κ3) is 3.57. The van der Waals surface area contributed by atoms with Gasteiger partial charge in [0, 0.05) is 17.4 Å². The van der Waals surface area contributed by atoms with Gasteiger partial charge in [0.25, 0.3) is 0 Å². The Balaban J connectivity index is 2.01. The molecule has 0 aliphatic carbocycles. The average molecular weight is 306 g/mol. The van der Waals surface area contributed by atoms with E-state index in [9.17, 15) is 4.79 Å². The lowest BCUT2D eigenvalue weighted by Gasteiger charge is -2.06. The second-order valence-corrected chi connectivity index (χ2v) is 5.05. The minimum Gasteiger partial charge on any atom is -0.326 e. The van der Waals surface area contributed by atoms with Crippen molar-refractivity contribution in [3.05, 3.63) is 42.5 Å². The van der Waals surface area contributed by atoms with Crippen LogP contribution in [0.3, 0.4) is 0 Å². The Hall–Kier alpha value is -1.35. The van der Waals surface area contributed by atoms with Crippen molar-refractivity contribution in [2.45, 2.75) is 19.3 Å². The number of fused-ring (bicyclic) bond motifs is 1. The first kappa shape index (κ1) is 13.1. The second-order valence-electron chi connectivity index (χ2n) is 4.26. The van der Waals surface area contributed by atoms with E-state index in [0.717, 1.165) is 29.2 Å². The Morgan fingerprint density at radius 2 is 1.83 bits per heavy atom. The number of amides is 1. The predicted octanol–water partition coefficient (Wildman–Crippen LogP) is 4.34. The second kappa shape index (κ2) is 6.55. The van der Waals surface area contributed by atoms with Crippen molar-refractivity contribution >= 4 is 38.3 Å². The highest BCUT2D eigenvalue weighted by molar-refractivity contribution is 9.09. The molecule has 0 aliphatic heterocycles. The molecule has 2 aromatic rings. The van der Waals surface area contributed by atoms with Crippen LogP contribution < -0.4 is 5.32 Å². The van der Waals surface area contributed by atoms with Crippen LogP contribution in [0.2, 0.25) is 0 Å². The van der Waals surface area contributed by atoms with Gasteiger partial charge in [-0.05, 0) is 35.7 Å². The van der Waals surface area contributed by atoms with Gasteiger partial charge in [0.15, 0.2) is 0 Å². The van der Waals surface area contributed by atoms with Gasteiger partial charge >= 0.3 is 0 Å². The van der Waals surface area contributed by atoms with E-state index in [0.29, 0.717) is 6.42 Å². The summed E-state index contributed by atoms with van der Waals surface area (Å²) in [7, 11) is 0. The number of halogens is 1. The molecule has 3 heteroatoms. The Kier molecular flexibility index (Phi) is 4.76. The summed E-state index contributed by atoms with van der Waals surface area (Å²) >= 11 is 3.36. The molecular formula is C15H16BrNO. The van der Waals surface area contributed by atoms with Crippen LogP contribution in [0.25, 0.3) is 10.8 Å². The van der Waals surface area contributed by atoms with Crippen molar-refractivity contribution in [3.8, 4) is 0 Å². The van der Waals surface area contributed by atoms with Gasteiger partial charge in [0.2, 0.25) is 5.91 Å². The van der Waals surface area contributed by atoms with Crippen LogP contribution in [0.5, 0.6) is 0 Å². The van der Waals surface area contributed by atoms with Crippen LogP contribution in [-0.4, -0.2) is 11.2 Å². The number of carbonyl (C=O) groups excluding carboxylic acids is 1. The summed E-state index contributed by atoms with van der Waals surface area (Å²) in [5, 5.41) is 6.23. The number of benzene rings is 2. The van der Waals surface area contributed by atoms with Gasteiger partial charge < -0.3 is 5.32 Å². The standard InChI is InChI=1S/C15H16BrNO/c16-10-4-3-7-15(18)17-14-9-8-12-5-1-2-6-13(12)11-14/h1-2,5-6,8-9,11H,3-4,7,10H2,(H,17,18). The first-order chi connectivity index (χ1) is 8.79. The van der Waals surface area contributed by atoms with Gasteiger partial charge in [-0.3, -0.25) is 4.79 Å². The van der Waals surface area contributed by atoms with Crippen molar-refractivity contribution in [1.29, 1.82) is 0 Å². The van der Waals surface area contributed by atoms with Crippen LogP contribution in [0.1, 0.15) is 19.3 Å². The first-order valence-corrected chi connectivity index (χ1v) is 7.26. The number of hydrogen-bond donors (Lipinski definition) is 1. The van der Waals surface area contributed by atoms with Crippen LogP contribution in [-0.2, 0) is 4.79 Å². The largest absolute Gasteiger partial charge is 0.326 e. The van der Waals surface area contributed by atoms with Crippen molar-refractivity contribution in [3.63, 3.8) is 0 Å². The van der Waals surface area contributed by atoms with Gasteiger partial charge in [0.1, 0.15) is 0 Å². The molecule has 0 heterocycles. The minimum absolute atomic E-state index is 0.0891. The van der Waals surface area contributed by atoms with E-state index in [4.69, 9.17) is 0 Å². The van der Waals surface area contributed by atoms with Crippen LogP contribution >= 0.6 is 15.9 Å². The Morgan fingerprint density at radius 3 is 2.61 bits per heavy atom. The van der Waals surface area contributed by atoms with E-state index in [1.165, 1.54) is 5.39 Å². The minimum atomic E-state index is 0.0891. The molecule has 1 N–H and O–H groups in total. The van der Waals surface area contributed by atoms with Crippen LogP contribution in [0.15, 0.2) is 42.5 Å². The number of anilines is 1. The lowest BCUT2D eigenvalue weighted by atomic mass is 10.1. The zero-order valence-electron chi connectivity index (χ0n) is 10.2. The highest BCUT2D eigenvalue weighted by atomic mass is 79.9. The van der Waals surface area contributed by atoms with E-state index < -0.39 is 0 Å². The molecule has 0 saturated heterocycles. The summed E-state index contributed by atoms with van der Waals surface area (Å²) in [5.74, 6) is 0.0891. The maximum atomic E-state index is 11.7. The normalized spacial score (nSPS) is 10.5. The number of carbonyl (C=O) groups is 1. The van der Waals surface area contributed by atoms with E-state index in [1.54, 1.807) is 0 Å². The van der Waals surface area contributed by atoms with E-state index in [2.05, 4.69) is 33.4 Å². The lowest BCUT2D eigenvalue weighted by Crippen LogP contribution is -2.10. The van der Waals surface area contributed by atoms with Crippen molar-refractivity contribution in [2.75, 3.05) is 10.6 Å². The summed E-state index contributed by atoms with van der Waals surface area (Å²) < 4.78 is 0. The molecule has 1 amide bonds. The van der Waals surface area contributed by atoms with E-state index in [1.807, 2.05) is 30.3 Å². The van der Waals surface area contributed by atoms with Crippen LogP contribution in [0.4, 0.5) is 5.69 Å². The van der Waals surface area contributed by atoms with E-state index in [-0.39, 0.29) is 5.91 Å². The quantitative estimate of drug-likeness (QED) is 0.646. The van der Waals surface area contributed by atoms with Crippen LogP contribution in [0, 0.1) is 0 Å². The van der Waals surface area contributed by atoms with Gasteiger partial charge in [-0.15, -0.1) is 0 Å². The summed E-state index contributed by atoms with van der Waals surface area (Å²) in [4.78, 5) is 11.7. The molecule has 0 spiro atoms. The Morgan fingerprint density at radius 1 is 1.06 bits per heavy atom. The van der Waals surface area contributed by atoms with Gasteiger partial charge in [-0.2, -0.15) is 0 Å². The van der Waals surface area contributed by atoms with Crippen molar-refractivity contribution in [1.82, 2.24) is 0 Å². The maximum absolute atomic E-state index is 11.7. The molecule has 0 atom stereocenters. The molecule has 0 fully saturated rings. The zero-order chi connectivity index (χ0) is 12.8. The van der Waals surface area contributed by atoms with Gasteiger partial charge in [-0.25, -0.2) is 0 Å². The summed E-state index contributed by atoms with van der Waals surface area (Å²) in [6, 6.07) is 14.1. The third-order valence-corrected chi connectivity index (χ3v) is 3.38. The Bertz CT molecular complexity index is 539. The molecule has 0 aromatic heterocycles. The molecule has 0 unspecified atom stereocenters. The number of nitrogens with one attached hydrogen (secondary N) is 1. The number of rotatable bonds is 5. The molecule has 94 valence electrons. The van der Waals surface area contributed by atoms with Gasteiger partial charge in [0.05, 0.1) is 0 Å². The zero-order valence-corrected chi connectivity index (χ0v) is 11.7.